The molecule has 2 aromatic heterocycles. The molecule has 3 aromatic rings. The summed E-state index contributed by atoms with van der Waals surface area (Å²) in [5.74, 6) is -0.0988. The maximum absolute atomic E-state index is 12.9. The van der Waals surface area contributed by atoms with E-state index in [0.29, 0.717) is 31.7 Å². The van der Waals surface area contributed by atoms with Crippen molar-refractivity contribution in [3.8, 4) is 0 Å². The van der Waals surface area contributed by atoms with Gasteiger partial charge in [-0.25, -0.2) is 23.1 Å². The molecule has 1 aromatic carbocycles. The Hall–Kier alpha value is -2.56. The number of nitrogens with one attached hydrogen (secondary N) is 1. The van der Waals surface area contributed by atoms with E-state index in [1.165, 1.54) is 12.1 Å². The average molecular weight is 460 g/mol. The van der Waals surface area contributed by atoms with Crippen molar-refractivity contribution in [3.05, 3.63) is 48.2 Å². The molecular weight excluding hydrogens is 434 g/mol. The van der Waals surface area contributed by atoms with Crippen LogP contribution in [0.4, 0.5) is 5.13 Å². The van der Waals surface area contributed by atoms with E-state index in [-0.39, 0.29) is 10.8 Å². The van der Waals surface area contributed by atoms with Crippen LogP contribution in [0.2, 0.25) is 0 Å². The fourth-order valence-electron chi connectivity index (χ4n) is 3.42. The number of piperazine rings is 1. The molecule has 1 saturated heterocycles. The Morgan fingerprint density at radius 1 is 1.06 bits per heavy atom. The maximum atomic E-state index is 12.9. The van der Waals surface area contributed by atoms with Crippen LogP contribution in [-0.4, -0.2) is 60.9 Å². The van der Waals surface area contributed by atoms with E-state index >= 15 is 0 Å². The minimum Gasteiger partial charge on any atom is -0.344 e. The van der Waals surface area contributed by atoms with Gasteiger partial charge in [-0.1, -0.05) is 11.3 Å². The topological polar surface area (TPSA) is 95.5 Å². The smallest absolute Gasteiger partial charge is 0.253 e. The lowest BCUT2D eigenvalue weighted by Crippen LogP contribution is -2.48. The molecule has 0 unspecified atom stereocenters. The molecule has 1 amide bonds. The molecule has 0 saturated carbocycles. The predicted octanol–water partition coefficient (Wildman–Crippen LogP) is 2.73. The number of thiazole rings is 1. The Balaban J connectivity index is 1.40. The lowest BCUT2D eigenvalue weighted by molar-refractivity contribution is 0.0746. The van der Waals surface area contributed by atoms with E-state index in [0.717, 1.165) is 15.5 Å². The highest BCUT2D eigenvalue weighted by Gasteiger charge is 2.25. The number of aromatic nitrogens is 2. The van der Waals surface area contributed by atoms with Gasteiger partial charge < -0.3 is 9.80 Å². The number of hydrogen-bond donors (Lipinski definition) is 1. The summed E-state index contributed by atoms with van der Waals surface area (Å²) in [6.07, 6.45) is 1.76. The highest BCUT2D eigenvalue weighted by molar-refractivity contribution is 7.89. The normalized spacial score (nSPS) is 15.5. The first-order chi connectivity index (χ1) is 14.6. The van der Waals surface area contributed by atoms with Crippen molar-refractivity contribution in [2.24, 2.45) is 0 Å². The van der Waals surface area contributed by atoms with E-state index in [2.05, 4.69) is 19.6 Å². The molecule has 1 N–H and O–H groups in total. The van der Waals surface area contributed by atoms with Gasteiger partial charge in [0.05, 0.1) is 4.90 Å². The van der Waals surface area contributed by atoms with Crippen LogP contribution in [0.3, 0.4) is 0 Å². The molecule has 4 rings (SSSR count). The number of sulfonamides is 1. The van der Waals surface area contributed by atoms with E-state index in [9.17, 15) is 13.2 Å². The highest BCUT2D eigenvalue weighted by atomic mass is 32.2. The minimum absolute atomic E-state index is 0.0988. The molecule has 0 atom stereocenters. The first-order valence-electron chi connectivity index (χ1n) is 10.0. The third kappa shape index (κ3) is 4.86. The summed E-state index contributed by atoms with van der Waals surface area (Å²) in [6.45, 7) is 7.88. The number of carbonyl (C=O) groups is 1. The fraction of sp³-hybridized carbons (Fsp3) is 0.381. The summed E-state index contributed by atoms with van der Waals surface area (Å²) in [7, 11) is -3.63. The Bertz CT molecular complexity index is 1160. The minimum atomic E-state index is -3.63. The van der Waals surface area contributed by atoms with Gasteiger partial charge >= 0.3 is 0 Å². The van der Waals surface area contributed by atoms with Gasteiger partial charge in [0, 0.05) is 43.5 Å². The molecule has 1 aliphatic rings. The third-order valence-corrected chi connectivity index (χ3v) is 7.66. The predicted molar refractivity (Wildman–Crippen MR) is 122 cm³/mol. The zero-order valence-electron chi connectivity index (χ0n) is 17.7. The lowest BCUT2D eigenvalue weighted by atomic mass is 10.1. The van der Waals surface area contributed by atoms with Crippen molar-refractivity contribution < 1.29 is 13.2 Å². The molecule has 0 bridgehead atoms. The van der Waals surface area contributed by atoms with Crippen LogP contribution >= 0.6 is 11.3 Å². The summed E-state index contributed by atoms with van der Waals surface area (Å²) < 4.78 is 27.5. The summed E-state index contributed by atoms with van der Waals surface area (Å²) in [4.78, 5) is 26.9. The standard InChI is InChI=1S/C21H25N5O3S2/c1-21(2,3)24-31(28,29)16-8-6-15(7-9-16)19(27)25-11-13-26(14-12-25)20-23-17-5-4-10-22-18(17)30-20/h4-10,24H,11-14H2,1-3H3. The molecular formula is C21H25N5O3S2. The van der Waals surface area contributed by atoms with Crippen LogP contribution in [0.15, 0.2) is 47.5 Å². The van der Waals surface area contributed by atoms with Gasteiger partial charge in [0.25, 0.3) is 5.91 Å². The number of benzene rings is 1. The summed E-state index contributed by atoms with van der Waals surface area (Å²) in [5.41, 5.74) is 0.788. The van der Waals surface area contributed by atoms with E-state index in [1.54, 1.807) is 55.3 Å². The summed E-state index contributed by atoms with van der Waals surface area (Å²) in [6, 6.07) is 9.93. The quantitative estimate of drug-likeness (QED) is 0.645. The van der Waals surface area contributed by atoms with E-state index < -0.39 is 15.6 Å². The summed E-state index contributed by atoms with van der Waals surface area (Å²) in [5, 5.41) is 0.918. The molecule has 3 heterocycles. The number of rotatable bonds is 4. The zero-order chi connectivity index (χ0) is 22.2. The monoisotopic (exact) mass is 459 g/mol. The van der Waals surface area contributed by atoms with E-state index in [4.69, 9.17) is 0 Å². The largest absolute Gasteiger partial charge is 0.344 e. The lowest BCUT2D eigenvalue weighted by Gasteiger charge is -2.34. The number of carbonyl (C=O) groups excluding carboxylic acids is 1. The summed E-state index contributed by atoms with van der Waals surface area (Å²) >= 11 is 1.55. The van der Waals surface area contributed by atoms with Crippen LogP contribution in [0, 0.1) is 0 Å². The molecule has 0 aliphatic carbocycles. The van der Waals surface area contributed by atoms with Gasteiger partial charge in [-0.3, -0.25) is 4.79 Å². The molecule has 10 heteroatoms. The van der Waals surface area contributed by atoms with Gasteiger partial charge in [-0.2, -0.15) is 0 Å². The van der Waals surface area contributed by atoms with Gasteiger partial charge in [0.1, 0.15) is 10.3 Å². The van der Waals surface area contributed by atoms with Crippen LogP contribution in [-0.2, 0) is 10.0 Å². The van der Waals surface area contributed by atoms with Crippen molar-refractivity contribution in [3.63, 3.8) is 0 Å². The highest BCUT2D eigenvalue weighted by Crippen LogP contribution is 2.28. The number of pyridine rings is 1. The number of anilines is 1. The average Bonchev–Trinajstić information content (AvgIpc) is 3.16. The Morgan fingerprint density at radius 2 is 1.74 bits per heavy atom. The molecule has 0 spiro atoms. The van der Waals surface area contributed by atoms with Crippen molar-refractivity contribution in [2.75, 3.05) is 31.1 Å². The zero-order valence-corrected chi connectivity index (χ0v) is 19.3. The second kappa shape index (κ2) is 8.18. The van der Waals surface area contributed by atoms with Crippen LogP contribution in [0.1, 0.15) is 31.1 Å². The van der Waals surface area contributed by atoms with Gasteiger partial charge in [0.2, 0.25) is 10.0 Å². The Labute approximate surface area is 186 Å². The van der Waals surface area contributed by atoms with Gasteiger partial charge in [-0.05, 0) is 57.2 Å². The van der Waals surface area contributed by atoms with Crippen LogP contribution in [0.5, 0.6) is 0 Å². The second-order valence-electron chi connectivity index (χ2n) is 8.48. The number of hydrogen-bond acceptors (Lipinski definition) is 7. The molecule has 164 valence electrons. The van der Waals surface area contributed by atoms with Crippen molar-refractivity contribution in [2.45, 2.75) is 31.2 Å². The third-order valence-electron chi connectivity index (χ3n) is 4.84. The molecule has 8 nitrogen and oxygen atoms in total. The van der Waals surface area contributed by atoms with Crippen molar-refractivity contribution in [1.29, 1.82) is 0 Å². The molecule has 31 heavy (non-hydrogen) atoms. The second-order valence-corrected chi connectivity index (χ2v) is 11.1. The van der Waals surface area contributed by atoms with E-state index in [1.807, 2.05) is 12.1 Å². The number of amides is 1. The molecule has 0 radical (unpaired) electrons. The number of nitrogens with zero attached hydrogens (tertiary/aromatic N) is 4. The molecule has 1 aliphatic heterocycles. The SMILES string of the molecule is CC(C)(C)NS(=O)(=O)c1ccc(C(=O)N2CCN(c3nc4cccnc4s3)CC2)cc1. The van der Waals surface area contributed by atoms with Crippen molar-refractivity contribution in [1.82, 2.24) is 19.6 Å². The van der Waals surface area contributed by atoms with Crippen LogP contribution in [0.25, 0.3) is 10.3 Å². The molecule has 1 fully saturated rings. The van der Waals surface area contributed by atoms with Crippen LogP contribution < -0.4 is 9.62 Å². The van der Waals surface area contributed by atoms with Gasteiger partial charge in [0.15, 0.2) is 5.13 Å². The fourth-order valence-corrected chi connectivity index (χ4v) is 5.79. The first-order valence-corrected chi connectivity index (χ1v) is 12.3. The first kappa shape index (κ1) is 21.7. The Kier molecular flexibility index (Phi) is 5.71. The van der Waals surface area contributed by atoms with Gasteiger partial charge in [-0.15, -0.1) is 0 Å². The van der Waals surface area contributed by atoms with Crippen molar-refractivity contribution >= 4 is 42.7 Å². The maximum Gasteiger partial charge on any atom is 0.253 e. The Morgan fingerprint density at radius 3 is 2.35 bits per heavy atom. The number of fused-ring (bicyclic) bond motifs is 1.